The van der Waals surface area contributed by atoms with Gasteiger partial charge in [-0.15, -0.1) is 0 Å². The van der Waals surface area contributed by atoms with Gasteiger partial charge in [-0.05, 0) is 25.0 Å². The van der Waals surface area contributed by atoms with Crippen LogP contribution in [0.3, 0.4) is 0 Å². The van der Waals surface area contributed by atoms with Gasteiger partial charge in [0.25, 0.3) is 5.56 Å². The number of hydrogen-bond acceptors (Lipinski definition) is 3. The number of hydrogen-bond donors (Lipinski definition) is 2. The van der Waals surface area contributed by atoms with Crippen LogP contribution in [0.5, 0.6) is 0 Å². The molecule has 1 aromatic carbocycles. The fourth-order valence-electron chi connectivity index (χ4n) is 2.99. The van der Waals surface area contributed by atoms with E-state index in [1.807, 2.05) is 0 Å². The summed E-state index contributed by atoms with van der Waals surface area (Å²) in [6.45, 7) is 2.31. The molecule has 0 saturated carbocycles. The van der Waals surface area contributed by atoms with Gasteiger partial charge in [0.1, 0.15) is 5.82 Å². The van der Waals surface area contributed by atoms with Crippen LogP contribution in [0.1, 0.15) is 23.2 Å². The highest BCUT2D eigenvalue weighted by Gasteiger charge is 2.21. The number of carbonyl (C=O) groups excluding carboxylic acids is 1. The van der Waals surface area contributed by atoms with Crippen molar-refractivity contribution in [3.05, 3.63) is 72.8 Å². The number of halogens is 2. The van der Waals surface area contributed by atoms with Crippen molar-refractivity contribution in [2.24, 2.45) is 0 Å². The molecule has 0 bridgehead atoms. The summed E-state index contributed by atoms with van der Waals surface area (Å²) in [5.41, 5.74) is 0.697. The van der Waals surface area contributed by atoms with Crippen LogP contribution in [-0.2, 0) is 11.2 Å². The first-order chi connectivity index (χ1) is 12.4. The predicted molar refractivity (Wildman–Crippen MR) is 96.7 cm³/mol. The van der Waals surface area contributed by atoms with Gasteiger partial charge >= 0.3 is 5.69 Å². The van der Waals surface area contributed by atoms with E-state index < -0.39 is 17.1 Å². The van der Waals surface area contributed by atoms with Crippen LogP contribution in [0, 0.1) is 12.7 Å². The molecule has 2 aromatic rings. The first kappa shape index (κ1) is 18.1. The zero-order chi connectivity index (χ0) is 18.8. The van der Waals surface area contributed by atoms with Crippen LogP contribution in [0.2, 0.25) is 5.02 Å². The standard InChI is InChI=1S/C18H17ClFN3O3/c1-10-13(17(25)22-18(26)21-10)9-15(24)23-7-5-11(6-8-23)12-3-2-4-14(19)16(12)20/h2-5H,6-9H2,1H3,(H2,21,22,25,26). The van der Waals surface area contributed by atoms with Gasteiger partial charge in [-0.2, -0.15) is 0 Å². The molecule has 0 saturated heterocycles. The summed E-state index contributed by atoms with van der Waals surface area (Å²) in [7, 11) is 0. The molecule has 0 unspecified atom stereocenters. The lowest BCUT2D eigenvalue weighted by molar-refractivity contribution is -0.130. The van der Waals surface area contributed by atoms with Crippen molar-refractivity contribution < 1.29 is 9.18 Å². The molecular formula is C18H17ClFN3O3. The van der Waals surface area contributed by atoms with E-state index in [1.54, 1.807) is 30.0 Å². The van der Waals surface area contributed by atoms with E-state index in [4.69, 9.17) is 11.6 Å². The summed E-state index contributed by atoms with van der Waals surface area (Å²) in [4.78, 5) is 41.8. The average Bonchev–Trinajstić information content (AvgIpc) is 2.60. The predicted octanol–water partition coefficient (Wildman–Crippen LogP) is 2.02. The van der Waals surface area contributed by atoms with Gasteiger partial charge in [0, 0.05) is 29.9 Å². The highest BCUT2D eigenvalue weighted by Crippen LogP contribution is 2.28. The van der Waals surface area contributed by atoms with Crippen molar-refractivity contribution in [1.29, 1.82) is 0 Å². The molecular weight excluding hydrogens is 361 g/mol. The lowest BCUT2D eigenvalue weighted by Gasteiger charge is -2.27. The molecule has 3 rings (SSSR count). The Bertz CT molecular complexity index is 1010. The van der Waals surface area contributed by atoms with Crippen LogP contribution in [0.25, 0.3) is 5.57 Å². The topological polar surface area (TPSA) is 86.0 Å². The maximum absolute atomic E-state index is 14.1. The van der Waals surface area contributed by atoms with E-state index in [1.165, 1.54) is 6.07 Å². The van der Waals surface area contributed by atoms with Crippen molar-refractivity contribution >= 4 is 23.1 Å². The van der Waals surface area contributed by atoms with Crippen molar-refractivity contribution in [2.75, 3.05) is 13.1 Å². The minimum atomic E-state index is -0.599. The number of aryl methyl sites for hydroxylation is 1. The van der Waals surface area contributed by atoms with E-state index in [9.17, 15) is 18.8 Å². The normalized spacial score (nSPS) is 14.3. The summed E-state index contributed by atoms with van der Waals surface area (Å²) >= 11 is 5.82. The largest absolute Gasteiger partial charge is 0.338 e. The second-order valence-corrected chi connectivity index (χ2v) is 6.52. The van der Waals surface area contributed by atoms with E-state index in [0.717, 1.165) is 5.57 Å². The summed E-state index contributed by atoms with van der Waals surface area (Å²) in [6, 6.07) is 4.84. The third kappa shape index (κ3) is 3.62. The molecule has 0 atom stereocenters. The highest BCUT2D eigenvalue weighted by atomic mass is 35.5. The third-order valence-corrected chi connectivity index (χ3v) is 4.73. The Morgan fingerprint density at radius 1 is 1.31 bits per heavy atom. The Morgan fingerprint density at radius 3 is 2.73 bits per heavy atom. The van der Waals surface area contributed by atoms with Crippen LogP contribution in [0.4, 0.5) is 4.39 Å². The second kappa shape index (κ2) is 7.29. The lowest BCUT2D eigenvalue weighted by atomic mass is 9.98. The SMILES string of the molecule is Cc1[nH]c(=O)[nH]c(=O)c1CC(=O)N1CC=C(c2cccc(Cl)c2F)CC1. The van der Waals surface area contributed by atoms with Gasteiger partial charge in [0.05, 0.1) is 11.4 Å². The molecule has 6 nitrogen and oxygen atoms in total. The number of aromatic nitrogens is 2. The van der Waals surface area contributed by atoms with Crippen molar-refractivity contribution in [1.82, 2.24) is 14.9 Å². The van der Waals surface area contributed by atoms with Gasteiger partial charge in [-0.25, -0.2) is 9.18 Å². The molecule has 0 spiro atoms. The number of nitrogens with zero attached hydrogens (tertiary/aromatic N) is 1. The Morgan fingerprint density at radius 2 is 2.08 bits per heavy atom. The Balaban J connectivity index is 1.74. The summed E-state index contributed by atoms with van der Waals surface area (Å²) in [5, 5.41) is 0.0645. The quantitative estimate of drug-likeness (QED) is 0.858. The number of carbonyl (C=O) groups is 1. The second-order valence-electron chi connectivity index (χ2n) is 6.11. The van der Waals surface area contributed by atoms with Gasteiger partial charge in [0.2, 0.25) is 5.91 Å². The molecule has 1 amide bonds. The molecule has 1 aromatic heterocycles. The van der Waals surface area contributed by atoms with Crippen LogP contribution >= 0.6 is 11.6 Å². The molecule has 0 radical (unpaired) electrons. The Hall–Kier alpha value is -2.67. The fourth-order valence-corrected chi connectivity index (χ4v) is 3.17. The van der Waals surface area contributed by atoms with E-state index in [-0.39, 0.29) is 22.9 Å². The molecule has 0 fully saturated rings. The first-order valence-electron chi connectivity index (χ1n) is 8.10. The zero-order valence-electron chi connectivity index (χ0n) is 14.1. The van der Waals surface area contributed by atoms with Gasteiger partial charge < -0.3 is 9.88 Å². The minimum absolute atomic E-state index is 0.0645. The number of H-pyrrole nitrogens is 2. The van der Waals surface area contributed by atoms with Crippen LogP contribution < -0.4 is 11.2 Å². The van der Waals surface area contributed by atoms with Crippen molar-refractivity contribution in [3.8, 4) is 0 Å². The van der Waals surface area contributed by atoms with Gasteiger partial charge in [0.15, 0.2) is 0 Å². The van der Waals surface area contributed by atoms with Crippen molar-refractivity contribution in [3.63, 3.8) is 0 Å². The lowest BCUT2D eigenvalue weighted by Crippen LogP contribution is -2.38. The number of aromatic amines is 2. The molecule has 1 aliphatic heterocycles. The molecule has 26 heavy (non-hydrogen) atoms. The molecule has 1 aliphatic rings. The fraction of sp³-hybridized carbons (Fsp3) is 0.278. The summed E-state index contributed by atoms with van der Waals surface area (Å²) < 4.78 is 14.1. The van der Waals surface area contributed by atoms with E-state index >= 15 is 0 Å². The van der Waals surface area contributed by atoms with E-state index in [2.05, 4.69) is 9.97 Å². The maximum atomic E-state index is 14.1. The zero-order valence-corrected chi connectivity index (χ0v) is 14.8. The average molecular weight is 378 g/mol. The summed E-state index contributed by atoms with van der Waals surface area (Å²) in [5.74, 6) is -0.692. The first-order valence-corrected chi connectivity index (χ1v) is 8.48. The molecule has 2 heterocycles. The maximum Gasteiger partial charge on any atom is 0.325 e. The molecule has 2 N–H and O–H groups in total. The molecule has 8 heteroatoms. The van der Waals surface area contributed by atoms with Crippen LogP contribution in [0.15, 0.2) is 33.9 Å². The Labute approximate surface area is 153 Å². The monoisotopic (exact) mass is 377 g/mol. The molecule has 136 valence electrons. The number of rotatable bonds is 3. The van der Waals surface area contributed by atoms with Gasteiger partial charge in [-0.1, -0.05) is 29.8 Å². The van der Waals surface area contributed by atoms with Crippen LogP contribution in [-0.4, -0.2) is 33.9 Å². The van der Waals surface area contributed by atoms with E-state index in [0.29, 0.717) is 30.8 Å². The summed E-state index contributed by atoms with van der Waals surface area (Å²) in [6.07, 6.45) is 2.18. The molecule has 0 aliphatic carbocycles. The number of nitrogens with one attached hydrogen (secondary N) is 2. The highest BCUT2D eigenvalue weighted by molar-refractivity contribution is 6.30. The van der Waals surface area contributed by atoms with Gasteiger partial charge in [-0.3, -0.25) is 14.6 Å². The minimum Gasteiger partial charge on any atom is -0.338 e. The number of amides is 1. The third-order valence-electron chi connectivity index (χ3n) is 4.44. The Kier molecular flexibility index (Phi) is 5.08. The van der Waals surface area contributed by atoms with Crippen molar-refractivity contribution in [2.45, 2.75) is 19.8 Å². The smallest absolute Gasteiger partial charge is 0.325 e. The number of benzene rings is 1.